The van der Waals surface area contributed by atoms with Gasteiger partial charge in [-0.25, -0.2) is 4.68 Å². The number of rotatable bonds is 3. The van der Waals surface area contributed by atoms with Gasteiger partial charge in [0.15, 0.2) is 0 Å². The van der Waals surface area contributed by atoms with Gasteiger partial charge in [-0.1, -0.05) is 0 Å². The summed E-state index contributed by atoms with van der Waals surface area (Å²) in [6.07, 6.45) is 0. The Morgan fingerprint density at radius 3 is 3.00 bits per heavy atom. The van der Waals surface area contributed by atoms with Crippen LogP contribution in [0.15, 0.2) is 23.6 Å². The SMILES string of the molecule is Nc1cc(-c2cc3sccc3s2)nn1CCO. The summed E-state index contributed by atoms with van der Waals surface area (Å²) in [5.74, 6) is 0.589. The minimum Gasteiger partial charge on any atom is -0.394 e. The van der Waals surface area contributed by atoms with E-state index in [9.17, 15) is 0 Å². The molecule has 3 rings (SSSR count). The molecule has 0 bridgehead atoms. The normalized spacial score (nSPS) is 11.4. The molecule has 0 aliphatic rings. The molecule has 0 fully saturated rings. The number of aromatic nitrogens is 2. The van der Waals surface area contributed by atoms with Gasteiger partial charge in [-0.15, -0.1) is 22.7 Å². The third-order valence-electron chi connectivity index (χ3n) is 2.51. The van der Waals surface area contributed by atoms with Crippen LogP contribution in [0.1, 0.15) is 0 Å². The zero-order chi connectivity index (χ0) is 11.8. The van der Waals surface area contributed by atoms with Crippen LogP contribution >= 0.6 is 22.7 Å². The molecule has 0 atom stereocenters. The van der Waals surface area contributed by atoms with Crippen LogP contribution < -0.4 is 5.73 Å². The van der Waals surface area contributed by atoms with E-state index >= 15 is 0 Å². The van der Waals surface area contributed by atoms with Crippen LogP contribution in [0.3, 0.4) is 0 Å². The molecule has 17 heavy (non-hydrogen) atoms. The van der Waals surface area contributed by atoms with Crippen molar-refractivity contribution in [1.29, 1.82) is 0 Å². The maximum Gasteiger partial charge on any atom is 0.122 e. The van der Waals surface area contributed by atoms with Gasteiger partial charge in [0.2, 0.25) is 0 Å². The first-order valence-corrected chi connectivity index (χ1v) is 6.89. The van der Waals surface area contributed by atoms with Crippen LogP contribution in [0.4, 0.5) is 5.82 Å². The van der Waals surface area contributed by atoms with Crippen LogP contribution in [-0.4, -0.2) is 21.5 Å². The van der Waals surface area contributed by atoms with Crippen molar-refractivity contribution in [2.24, 2.45) is 0 Å². The quantitative estimate of drug-likeness (QED) is 0.764. The summed E-state index contributed by atoms with van der Waals surface area (Å²) < 4.78 is 4.18. The van der Waals surface area contributed by atoms with Crippen molar-refractivity contribution in [2.75, 3.05) is 12.3 Å². The summed E-state index contributed by atoms with van der Waals surface area (Å²) >= 11 is 3.44. The minimum atomic E-state index is 0.0465. The van der Waals surface area contributed by atoms with Gasteiger partial charge in [0.05, 0.1) is 18.0 Å². The van der Waals surface area contributed by atoms with Crippen molar-refractivity contribution in [3.63, 3.8) is 0 Å². The van der Waals surface area contributed by atoms with E-state index in [4.69, 9.17) is 10.8 Å². The number of anilines is 1. The lowest BCUT2D eigenvalue weighted by Crippen LogP contribution is -2.07. The zero-order valence-corrected chi connectivity index (χ0v) is 10.6. The first-order valence-electron chi connectivity index (χ1n) is 5.19. The van der Waals surface area contributed by atoms with Gasteiger partial charge >= 0.3 is 0 Å². The molecule has 0 unspecified atom stereocenters. The first-order chi connectivity index (χ1) is 8.28. The van der Waals surface area contributed by atoms with Crippen molar-refractivity contribution in [2.45, 2.75) is 6.54 Å². The van der Waals surface area contributed by atoms with Gasteiger partial charge in [0.1, 0.15) is 11.5 Å². The van der Waals surface area contributed by atoms with E-state index in [1.807, 2.05) is 6.07 Å². The molecule has 3 N–H and O–H groups in total. The van der Waals surface area contributed by atoms with Crippen molar-refractivity contribution in [3.05, 3.63) is 23.6 Å². The van der Waals surface area contributed by atoms with Crippen molar-refractivity contribution in [3.8, 4) is 10.6 Å². The largest absolute Gasteiger partial charge is 0.394 e. The molecule has 6 heteroatoms. The Hall–Kier alpha value is -1.37. The fraction of sp³-hybridized carbons (Fsp3) is 0.182. The molecule has 0 aliphatic heterocycles. The first kappa shape index (κ1) is 10.8. The van der Waals surface area contributed by atoms with Crippen LogP contribution in [0.2, 0.25) is 0 Å². The fourth-order valence-electron chi connectivity index (χ4n) is 1.72. The Labute approximate surface area is 106 Å². The molecule has 0 radical (unpaired) electrons. The highest BCUT2D eigenvalue weighted by atomic mass is 32.1. The summed E-state index contributed by atoms with van der Waals surface area (Å²) in [7, 11) is 0. The second-order valence-corrected chi connectivity index (χ2v) is 5.69. The topological polar surface area (TPSA) is 64.1 Å². The molecular weight excluding hydrogens is 254 g/mol. The number of nitrogens with zero attached hydrogens (tertiary/aromatic N) is 2. The summed E-state index contributed by atoms with van der Waals surface area (Å²) in [4.78, 5) is 1.12. The number of aliphatic hydroxyl groups excluding tert-OH is 1. The van der Waals surface area contributed by atoms with E-state index in [1.165, 1.54) is 9.40 Å². The summed E-state index contributed by atoms with van der Waals surface area (Å²) in [6, 6.07) is 6.10. The Morgan fingerprint density at radius 1 is 1.35 bits per heavy atom. The molecule has 3 aromatic heterocycles. The van der Waals surface area contributed by atoms with E-state index in [1.54, 1.807) is 27.4 Å². The van der Waals surface area contributed by atoms with Crippen LogP contribution in [-0.2, 0) is 6.54 Å². The van der Waals surface area contributed by atoms with E-state index in [0.717, 1.165) is 10.6 Å². The lowest BCUT2D eigenvalue weighted by atomic mass is 10.3. The van der Waals surface area contributed by atoms with Gasteiger partial charge < -0.3 is 10.8 Å². The molecule has 0 aromatic carbocycles. The zero-order valence-electron chi connectivity index (χ0n) is 8.96. The molecule has 3 heterocycles. The molecule has 0 aliphatic carbocycles. The van der Waals surface area contributed by atoms with Crippen LogP contribution in [0.25, 0.3) is 20.0 Å². The molecular formula is C11H11N3OS2. The van der Waals surface area contributed by atoms with Crippen molar-refractivity contribution in [1.82, 2.24) is 9.78 Å². The van der Waals surface area contributed by atoms with Crippen molar-refractivity contribution < 1.29 is 5.11 Å². The molecule has 3 aromatic rings. The Bertz CT molecular complexity index is 624. The Balaban J connectivity index is 2.03. The molecule has 0 saturated carbocycles. The maximum atomic E-state index is 8.89. The van der Waals surface area contributed by atoms with E-state index in [2.05, 4.69) is 22.6 Å². The average Bonchev–Trinajstić information content (AvgIpc) is 2.92. The monoisotopic (exact) mass is 265 g/mol. The molecule has 4 nitrogen and oxygen atoms in total. The average molecular weight is 265 g/mol. The van der Waals surface area contributed by atoms with Gasteiger partial charge in [0, 0.05) is 15.5 Å². The third-order valence-corrected chi connectivity index (χ3v) is 4.63. The smallest absolute Gasteiger partial charge is 0.122 e. The number of nitrogen functional groups attached to an aromatic ring is 1. The highest BCUT2D eigenvalue weighted by molar-refractivity contribution is 7.28. The van der Waals surface area contributed by atoms with E-state index in [0.29, 0.717) is 12.4 Å². The number of hydrogen-bond acceptors (Lipinski definition) is 5. The fourth-order valence-corrected chi connectivity index (χ4v) is 3.78. The highest BCUT2D eigenvalue weighted by Gasteiger charge is 2.10. The second-order valence-electron chi connectivity index (χ2n) is 3.66. The highest BCUT2D eigenvalue weighted by Crippen LogP contribution is 2.36. The van der Waals surface area contributed by atoms with Gasteiger partial charge in [-0.3, -0.25) is 0 Å². The molecule has 0 spiro atoms. The molecule has 0 amide bonds. The number of thiophene rings is 2. The summed E-state index contributed by atoms with van der Waals surface area (Å²) in [6.45, 7) is 0.483. The van der Waals surface area contributed by atoms with E-state index < -0.39 is 0 Å². The number of aliphatic hydroxyl groups is 1. The lowest BCUT2D eigenvalue weighted by molar-refractivity contribution is 0.270. The predicted molar refractivity (Wildman–Crippen MR) is 72.4 cm³/mol. The minimum absolute atomic E-state index is 0.0465. The second kappa shape index (κ2) is 4.14. The standard InChI is InChI=1S/C11H11N3OS2/c12-11-5-7(13-14(11)2-3-15)9-6-10-8(17-9)1-4-16-10/h1,4-6,15H,2-3,12H2. The van der Waals surface area contributed by atoms with Gasteiger partial charge in [0.25, 0.3) is 0 Å². The Morgan fingerprint density at radius 2 is 2.24 bits per heavy atom. The summed E-state index contributed by atoms with van der Waals surface area (Å²) in [5.41, 5.74) is 6.71. The molecule has 88 valence electrons. The third kappa shape index (κ3) is 1.84. The lowest BCUT2D eigenvalue weighted by Gasteiger charge is -1.98. The number of fused-ring (bicyclic) bond motifs is 1. The van der Waals surface area contributed by atoms with Crippen molar-refractivity contribution >= 4 is 37.9 Å². The van der Waals surface area contributed by atoms with Gasteiger partial charge in [-0.2, -0.15) is 5.10 Å². The number of hydrogen-bond donors (Lipinski definition) is 2. The maximum absolute atomic E-state index is 8.89. The van der Waals surface area contributed by atoms with Crippen LogP contribution in [0, 0.1) is 0 Å². The Kier molecular flexibility index (Phi) is 2.62. The molecule has 0 saturated heterocycles. The van der Waals surface area contributed by atoms with E-state index in [-0.39, 0.29) is 6.61 Å². The predicted octanol–water partition coefficient (Wildman–Crippen LogP) is 2.40. The summed E-state index contributed by atoms with van der Waals surface area (Å²) in [5, 5.41) is 15.4. The van der Waals surface area contributed by atoms with Gasteiger partial charge in [-0.05, 0) is 17.5 Å². The number of nitrogens with two attached hydrogens (primary N) is 1. The van der Waals surface area contributed by atoms with Crippen LogP contribution in [0.5, 0.6) is 0 Å².